The van der Waals surface area contributed by atoms with Crippen molar-refractivity contribution in [2.75, 3.05) is 19.8 Å². The highest BCUT2D eigenvalue weighted by molar-refractivity contribution is 4.86. The molecule has 1 aliphatic heterocycles. The lowest BCUT2D eigenvalue weighted by Crippen LogP contribution is -2.44. The van der Waals surface area contributed by atoms with Gasteiger partial charge in [-0.15, -0.1) is 0 Å². The summed E-state index contributed by atoms with van der Waals surface area (Å²) in [6.45, 7) is 7.57. The van der Waals surface area contributed by atoms with Gasteiger partial charge in [-0.3, -0.25) is 0 Å². The monoisotopic (exact) mass is 174 g/mol. The first-order chi connectivity index (χ1) is 5.52. The van der Waals surface area contributed by atoms with Crippen LogP contribution >= 0.6 is 0 Å². The summed E-state index contributed by atoms with van der Waals surface area (Å²) in [5, 5.41) is 8.90. The molecule has 0 saturated carbocycles. The molecule has 0 amide bonds. The van der Waals surface area contributed by atoms with Gasteiger partial charge in [0.15, 0.2) is 5.79 Å². The Bertz CT molecular complexity index is 142. The predicted octanol–water partition coefficient (Wildman–Crippen LogP) is 1.16. The molecule has 3 nitrogen and oxygen atoms in total. The summed E-state index contributed by atoms with van der Waals surface area (Å²) in [5.41, 5.74) is -0.0772. The maximum Gasteiger partial charge on any atom is 0.175 e. The molecule has 1 heterocycles. The van der Waals surface area contributed by atoms with E-state index in [9.17, 15) is 0 Å². The largest absolute Gasteiger partial charge is 0.396 e. The van der Waals surface area contributed by atoms with Gasteiger partial charge in [0, 0.05) is 18.4 Å². The first-order valence-electron chi connectivity index (χ1n) is 4.41. The highest BCUT2D eigenvalue weighted by atomic mass is 16.7. The highest BCUT2D eigenvalue weighted by Gasteiger charge is 2.46. The van der Waals surface area contributed by atoms with Gasteiger partial charge in [0.2, 0.25) is 0 Å². The predicted molar refractivity (Wildman–Crippen MR) is 45.8 cm³/mol. The van der Waals surface area contributed by atoms with Crippen LogP contribution in [-0.4, -0.2) is 30.7 Å². The molecule has 0 bridgehead atoms. The fourth-order valence-electron chi connectivity index (χ4n) is 1.55. The van der Waals surface area contributed by atoms with Crippen molar-refractivity contribution in [3.05, 3.63) is 0 Å². The Hall–Kier alpha value is -0.120. The zero-order valence-corrected chi connectivity index (χ0v) is 8.09. The lowest BCUT2D eigenvalue weighted by Gasteiger charge is -2.39. The van der Waals surface area contributed by atoms with Crippen LogP contribution < -0.4 is 0 Å². The van der Waals surface area contributed by atoms with E-state index in [2.05, 4.69) is 20.8 Å². The average molecular weight is 174 g/mol. The normalized spacial score (nSPS) is 23.0. The van der Waals surface area contributed by atoms with Crippen LogP contribution in [0.2, 0.25) is 0 Å². The third-order valence-corrected chi connectivity index (χ3v) is 2.34. The van der Waals surface area contributed by atoms with Gasteiger partial charge in [-0.25, -0.2) is 0 Å². The smallest absolute Gasteiger partial charge is 0.175 e. The second-order valence-corrected chi connectivity index (χ2v) is 4.17. The van der Waals surface area contributed by atoms with Crippen molar-refractivity contribution in [2.24, 2.45) is 5.41 Å². The fourth-order valence-corrected chi connectivity index (χ4v) is 1.55. The Balaban J connectivity index is 2.72. The maximum atomic E-state index is 8.90. The van der Waals surface area contributed by atoms with E-state index in [0.29, 0.717) is 19.6 Å². The maximum absolute atomic E-state index is 8.90. The molecular formula is C9H18O3. The summed E-state index contributed by atoms with van der Waals surface area (Å²) in [4.78, 5) is 0. The topological polar surface area (TPSA) is 38.7 Å². The summed E-state index contributed by atoms with van der Waals surface area (Å²) >= 11 is 0. The van der Waals surface area contributed by atoms with Crippen LogP contribution in [0.4, 0.5) is 0 Å². The summed E-state index contributed by atoms with van der Waals surface area (Å²) in [5.74, 6) is -0.568. The molecule has 12 heavy (non-hydrogen) atoms. The van der Waals surface area contributed by atoms with Crippen molar-refractivity contribution in [1.29, 1.82) is 0 Å². The number of hydrogen-bond acceptors (Lipinski definition) is 3. The molecule has 1 saturated heterocycles. The Kier molecular flexibility index (Phi) is 2.76. The van der Waals surface area contributed by atoms with Crippen LogP contribution in [-0.2, 0) is 9.47 Å². The van der Waals surface area contributed by atoms with Gasteiger partial charge in [0.25, 0.3) is 0 Å². The molecule has 0 aromatic heterocycles. The minimum atomic E-state index is -0.568. The van der Waals surface area contributed by atoms with Crippen molar-refractivity contribution >= 4 is 0 Å². The lowest BCUT2D eigenvalue weighted by atomic mass is 9.83. The van der Waals surface area contributed by atoms with E-state index in [1.807, 2.05) is 0 Å². The van der Waals surface area contributed by atoms with Gasteiger partial charge in [-0.1, -0.05) is 20.8 Å². The molecule has 72 valence electrons. The van der Waals surface area contributed by atoms with Crippen LogP contribution in [0.25, 0.3) is 0 Å². The molecule has 0 aromatic carbocycles. The zero-order chi connectivity index (χ0) is 9.24. The summed E-state index contributed by atoms with van der Waals surface area (Å²) in [6, 6.07) is 0. The first kappa shape index (κ1) is 9.96. The van der Waals surface area contributed by atoms with Gasteiger partial charge in [0.1, 0.15) is 0 Å². The molecule has 0 unspecified atom stereocenters. The van der Waals surface area contributed by atoms with Gasteiger partial charge in [-0.05, 0) is 0 Å². The Morgan fingerprint density at radius 2 is 1.75 bits per heavy atom. The number of ether oxygens (including phenoxy) is 2. The molecule has 1 rings (SSSR count). The molecule has 0 aliphatic carbocycles. The van der Waals surface area contributed by atoms with Crippen molar-refractivity contribution in [3.8, 4) is 0 Å². The standard InChI is InChI=1S/C9H18O3/c1-8(2,3)9(4-5-10)11-6-7-12-9/h10H,4-7H2,1-3H3. The second-order valence-electron chi connectivity index (χ2n) is 4.17. The van der Waals surface area contributed by atoms with E-state index in [1.165, 1.54) is 0 Å². The molecule has 1 N–H and O–H groups in total. The number of aliphatic hydroxyl groups is 1. The van der Waals surface area contributed by atoms with Crippen molar-refractivity contribution in [3.63, 3.8) is 0 Å². The molecule has 3 heteroatoms. The van der Waals surface area contributed by atoms with E-state index >= 15 is 0 Å². The third-order valence-electron chi connectivity index (χ3n) is 2.34. The number of rotatable bonds is 2. The van der Waals surface area contributed by atoms with E-state index in [4.69, 9.17) is 14.6 Å². The Morgan fingerprint density at radius 3 is 2.08 bits per heavy atom. The first-order valence-corrected chi connectivity index (χ1v) is 4.41. The SMILES string of the molecule is CC(C)(C)C1(CCO)OCCO1. The minimum Gasteiger partial charge on any atom is -0.396 e. The van der Waals surface area contributed by atoms with E-state index in [-0.39, 0.29) is 12.0 Å². The molecule has 0 aromatic rings. The average Bonchev–Trinajstić information content (AvgIpc) is 2.36. The fraction of sp³-hybridized carbons (Fsp3) is 1.00. The third kappa shape index (κ3) is 1.63. The molecule has 1 fully saturated rings. The van der Waals surface area contributed by atoms with Crippen molar-refractivity contribution in [2.45, 2.75) is 33.0 Å². The van der Waals surface area contributed by atoms with Gasteiger partial charge in [-0.2, -0.15) is 0 Å². The summed E-state index contributed by atoms with van der Waals surface area (Å²) < 4.78 is 11.1. The quantitative estimate of drug-likeness (QED) is 0.682. The van der Waals surface area contributed by atoms with Crippen LogP contribution in [0.15, 0.2) is 0 Å². The van der Waals surface area contributed by atoms with E-state index in [0.717, 1.165) is 0 Å². The van der Waals surface area contributed by atoms with Gasteiger partial charge < -0.3 is 14.6 Å². The summed E-state index contributed by atoms with van der Waals surface area (Å²) in [7, 11) is 0. The van der Waals surface area contributed by atoms with Gasteiger partial charge in [0.05, 0.1) is 13.2 Å². The zero-order valence-electron chi connectivity index (χ0n) is 8.09. The number of aliphatic hydroxyl groups excluding tert-OH is 1. The van der Waals surface area contributed by atoms with Crippen molar-refractivity contribution < 1.29 is 14.6 Å². The molecule has 1 aliphatic rings. The van der Waals surface area contributed by atoms with Crippen LogP contribution in [0.5, 0.6) is 0 Å². The minimum absolute atomic E-state index is 0.0772. The Morgan fingerprint density at radius 1 is 1.25 bits per heavy atom. The van der Waals surface area contributed by atoms with Crippen molar-refractivity contribution in [1.82, 2.24) is 0 Å². The van der Waals surface area contributed by atoms with Crippen LogP contribution in [0.1, 0.15) is 27.2 Å². The second kappa shape index (κ2) is 3.32. The molecule has 0 spiro atoms. The van der Waals surface area contributed by atoms with E-state index < -0.39 is 5.79 Å². The lowest BCUT2D eigenvalue weighted by molar-refractivity contribution is -0.230. The molecule has 0 radical (unpaired) electrons. The van der Waals surface area contributed by atoms with E-state index in [1.54, 1.807) is 0 Å². The number of hydrogen-bond donors (Lipinski definition) is 1. The summed E-state index contributed by atoms with van der Waals surface area (Å²) in [6.07, 6.45) is 0.552. The molecular weight excluding hydrogens is 156 g/mol. The van der Waals surface area contributed by atoms with Crippen LogP contribution in [0.3, 0.4) is 0 Å². The Labute approximate surface area is 73.7 Å². The molecule has 0 atom stereocenters. The van der Waals surface area contributed by atoms with Crippen LogP contribution in [0, 0.1) is 5.41 Å². The highest BCUT2D eigenvalue weighted by Crippen LogP contribution is 2.40. The van der Waals surface area contributed by atoms with Gasteiger partial charge >= 0.3 is 0 Å².